The zero-order valence-electron chi connectivity index (χ0n) is 12.9. The molecule has 0 unspecified atom stereocenters. The Morgan fingerprint density at radius 1 is 1.08 bits per heavy atom. The zero-order chi connectivity index (χ0) is 16.5. The Morgan fingerprint density at radius 2 is 1.83 bits per heavy atom. The van der Waals surface area contributed by atoms with E-state index >= 15 is 0 Å². The molecule has 4 rings (SSSR count). The summed E-state index contributed by atoms with van der Waals surface area (Å²) in [6.45, 7) is 1.56. The highest BCUT2D eigenvalue weighted by molar-refractivity contribution is 7.22. The summed E-state index contributed by atoms with van der Waals surface area (Å²) in [6, 6.07) is 17.4. The fourth-order valence-corrected chi connectivity index (χ4v) is 3.42. The summed E-state index contributed by atoms with van der Waals surface area (Å²) in [4.78, 5) is 15.8. The highest BCUT2D eigenvalue weighted by Crippen LogP contribution is 2.34. The Morgan fingerprint density at radius 3 is 2.54 bits per heavy atom. The van der Waals surface area contributed by atoms with Crippen LogP contribution in [0.15, 0.2) is 54.6 Å². The summed E-state index contributed by atoms with van der Waals surface area (Å²) in [5.41, 5.74) is 4.34. The number of H-pyrrole nitrogens is 1. The molecule has 0 saturated heterocycles. The second-order valence-electron chi connectivity index (χ2n) is 5.39. The van der Waals surface area contributed by atoms with Crippen molar-refractivity contribution in [3.05, 3.63) is 60.2 Å². The molecular weight excluding hydrogens is 320 g/mol. The molecule has 0 bridgehead atoms. The van der Waals surface area contributed by atoms with E-state index in [1.165, 1.54) is 0 Å². The first-order valence-electron chi connectivity index (χ1n) is 7.49. The lowest BCUT2D eigenvalue weighted by atomic mass is 10.1. The molecule has 2 heterocycles. The standard InChI is InChI=1S/C18H14N4OS/c1-11(23)12-7-9-14(10-8-12)19-18-20-17-16(24-18)15(21-22-17)13-5-3-2-4-6-13/h2-10H,1H3,(H2,19,20,21,22). The summed E-state index contributed by atoms with van der Waals surface area (Å²) in [6.07, 6.45) is 0. The molecule has 0 aliphatic rings. The Kier molecular flexibility index (Phi) is 3.59. The van der Waals surface area contributed by atoms with Gasteiger partial charge in [-0.3, -0.25) is 9.89 Å². The maximum absolute atomic E-state index is 11.3. The summed E-state index contributed by atoms with van der Waals surface area (Å²) in [5.74, 6) is 0.0572. The maximum Gasteiger partial charge on any atom is 0.194 e. The van der Waals surface area contributed by atoms with Crippen molar-refractivity contribution >= 4 is 38.3 Å². The van der Waals surface area contributed by atoms with E-state index in [1.54, 1.807) is 30.4 Å². The van der Waals surface area contributed by atoms with Gasteiger partial charge in [-0.2, -0.15) is 10.1 Å². The summed E-state index contributed by atoms with van der Waals surface area (Å²) >= 11 is 1.55. The molecule has 118 valence electrons. The minimum absolute atomic E-state index is 0.0572. The molecule has 0 amide bonds. The molecule has 0 aliphatic carbocycles. The third-order valence-corrected chi connectivity index (χ3v) is 4.69. The number of thiazole rings is 1. The van der Waals surface area contributed by atoms with Gasteiger partial charge in [0, 0.05) is 16.8 Å². The molecule has 2 N–H and O–H groups in total. The summed E-state index contributed by atoms with van der Waals surface area (Å²) in [7, 11) is 0. The lowest BCUT2D eigenvalue weighted by molar-refractivity contribution is 0.101. The lowest BCUT2D eigenvalue weighted by Crippen LogP contribution is -1.93. The first kappa shape index (κ1) is 14.6. The first-order valence-corrected chi connectivity index (χ1v) is 8.31. The first-order chi connectivity index (χ1) is 11.7. The number of nitrogens with zero attached hydrogens (tertiary/aromatic N) is 2. The van der Waals surface area contributed by atoms with Gasteiger partial charge in [0.2, 0.25) is 0 Å². The second kappa shape index (κ2) is 5.90. The van der Waals surface area contributed by atoms with E-state index in [-0.39, 0.29) is 5.78 Å². The number of hydrogen-bond acceptors (Lipinski definition) is 5. The van der Waals surface area contributed by atoms with E-state index < -0.39 is 0 Å². The fraction of sp³-hybridized carbons (Fsp3) is 0.0556. The van der Waals surface area contributed by atoms with Gasteiger partial charge < -0.3 is 5.32 Å². The lowest BCUT2D eigenvalue weighted by Gasteiger charge is -2.03. The van der Waals surface area contributed by atoms with Crippen LogP contribution in [0.4, 0.5) is 10.8 Å². The van der Waals surface area contributed by atoms with Gasteiger partial charge in [0.1, 0.15) is 4.70 Å². The largest absolute Gasteiger partial charge is 0.331 e. The molecule has 0 aliphatic heterocycles. The van der Waals surface area contributed by atoms with Gasteiger partial charge in [0.05, 0.1) is 5.69 Å². The van der Waals surface area contributed by atoms with Gasteiger partial charge in [-0.1, -0.05) is 41.7 Å². The number of carbonyl (C=O) groups is 1. The SMILES string of the molecule is CC(=O)c1ccc(Nc2nc3n[nH]c(-c4ccccc4)c3s2)cc1. The maximum atomic E-state index is 11.3. The number of hydrogen-bond donors (Lipinski definition) is 2. The minimum Gasteiger partial charge on any atom is -0.331 e. The van der Waals surface area contributed by atoms with Gasteiger partial charge in [-0.05, 0) is 31.2 Å². The number of nitrogens with one attached hydrogen (secondary N) is 2. The second-order valence-corrected chi connectivity index (χ2v) is 6.39. The summed E-state index contributed by atoms with van der Waals surface area (Å²) < 4.78 is 1.02. The van der Waals surface area contributed by atoms with Crippen LogP contribution in [0.3, 0.4) is 0 Å². The fourth-order valence-electron chi connectivity index (χ4n) is 2.48. The van der Waals surface area contributed by atoms with Gasteiger partial charge in [0.15, 0.2) is 16.6 Å². The quantitative estimate of drug-likeness (QED) is 0.534. The molecule has 24 heavy (non-hydrogen) atoms. The Hall–Kier alpha value is -2.99. The number of aromatic nitrogens is 3. The van der Waals surface area contributed by atoms with Gasteiger partial charge in [-0.15, -0.1) is 0 Å². The number of anilines is 2. The molecule has 4 aromatic rings. The highest BCUT2D eigenvalue weighted by Gasteiger charge is 2.13. The van der Waals surface area contributed by atoms with Crippen molar-refractivity contribution < 1.29 is 4.79 Å². The van der Waals surface area contributed by atoms with Crippen LogP contribution in [0.5, 0.6) is 0 Å². The van der Waals surface area contributed by atoms with Crippen LogP contribution >= 0.6 is 11.3 Å². The number of benzene rings is 2. The Labute approximate surface area is 142 Å². The van der Waals surface area contributed by atoms with Crippen molar-refractivity contribution in [2.45, 2.75) is 6.92 Å². The molecule has 5 nitrogen and oxygen atoms in total. The molecule has 0 radical (unpaired) electrons. The van der Waals surface area contributed by atoms with Gasteiger partial charge in [0.25, 0.3) is 0 Å². The third kappa shape index (κ3) is 2.68. The average molecular weight is 334 g/mol. The van der Waals surface area contributed by atoms with Crippen LogP contribution in [0.2, 0.25) is 0 Å². The minimum atomic E-state index is 0.0572. The van der Waals surface area contributed by atoms with Crippen LogP contribution < -0.4 is 5.32 Å². The van der Waals surface area contributed by atoms with E-state index in [2.05, 4.69) is 20.5 Å². The number of Topliss-reactive ketones (excluding diaryl/α,β-unsaturated/α-hetero) is 1. The van der Waals surface area contributed by atoms with Crippen molar-refractivity contribution in [3.63, 3.8) is 0 Å². The van der Waals surface area contributed by atoms with Crippen LogP contribution in [-0.4, -0.2) is 21.0 Å². The van der Waals surface area contributed by atoms with E-state index in [9.17, 15) is 4.79 Å². The zero-order valence-corrected chi connectivity index (χ0v) is 13.7. The Balaban J connectivity index is 1.64. The van der Waals surface area contributed by atoms with Crippen LogP contribution in [0.1, 0.15) is 17.3 Å². The van der Waals surface area contributed by atoms with E-state index in [0.29, 0.717) is 11.2 Å². The summed E-state index contributed by atoms with van der Waals surface area (Å²) in [5, 5.41) is 11.4. The van der Waals surface area contributed by atoms with Crippen molar-refractivity contribution in [2.75, 3.05) is 5.32 Å². The normalized spacial score (nSPS) is 10.9. The number of rotatable bonds is 4. The van der Waals surface area contributed by atoms with E-state index in [1.807, 2.05) is 42.5 Å². The number of fused-ring (bicyclic) bond motifs is 1. The molecule has 0 atom stereocenters. The number of aromatic amines is 1. The molecule has 0 spiro atoms. The Bertz CT molecular complexity index is 1000. The number of ketones is 1. The molecule has 0 saturated carbocycles. The third-order valence-electron chi connectivity index (χ3n) is 3.72. The van der Waals surface area contributed by atoms with E-state index in [4.69, 9.17) is 0 Å². The number of carbonyl (C=O) groups excluding carboxylic acids is 1. The van der Waals surface area contributed by atoms with Crippen molar-refractivity contribution in [3.8, 4) is 11.3 Å². The highest BCUT2D eigenvalue weighted by atomic mass is 32.1. The molecule has 0 fully saturated rings. The van der Waals surface area contributed by atoms with E-state index in [0.717, 1.165) is 26.8 Å². The predicted octanol–water partition coefficient (Wildman–Crippen LogP) is 4.63. The molecule has 6 heteroatoms. The van der Waals surface area contributed by atoms with Crippen LogP contribution in [-0.2, 0) is 0 Å². The molecule has 2 aromatic heterocycles. The van der Waals surface area contributed by atoms with Crippen molar-refractivity contribution in [2.24, 2.45) is 0 Å². The topological polar surface area (TPSA) is 70.7 Å². The molecular formula is C18H14N4OS. The van der Waals surface area contributed by atoms with Crippen molar-refractivity contribution in [1.29, 1.82) is 0 Å². The molecule has 2 aromatic carbocycles. The van der Waals surface area contributed by atoms with Crippen LogP contribution in [0, 0.1) is 0 Å². The van der Waals surface area contributed by atoms with Gasteiger partial charge >= 0.3 is 0 Å². The smallest absolute Gasteiger partial charge is 0.194 e. The average Bonchev–Trinajstić information content (AvgIpc) is 3.16. The van der Waals surface area contributed by atoms with Crippen molar-refractivity contribution in [1.82, 2.24) is 15.2 Å². The van der Waals surface area contributed by atoms with Gasteiger partial charge in [-0.25, -0.2) is 0 Å². The monoisotopic (exact) mass is 334 g/mol. The van der Waals surface area contributed by atoms with Crippen LogP contribution in [0.25, 0.3) is 21.6 Å². The predicted molar refractivity (Wildman–Crippen MR) is 96.9 cm³/mol.